The second-order valence-electron chi connectivity index (χ2n) is 8.28. The normalized spacial score (nSPS) is 15.0. The molecule has 1 aliphatic rings. The summed E-state index contributed by atoms with van der Waals surface area (Å²) in [5, 5.41) is 2.96. The molecule has 0 unspecified atom stereocenters. The summed E-state index contributed by atoms with van der Waals surface area (Å²) in [5.74, 6) is -1.88. The van der Waals surface area contributed by atoms with Crippen LogP contribution < -0.4 is 10.2 Å². The summed E-state index contributed by atoms with van der Waals surface area (Å²) in [5.41, 5.74) is 3.70. The summed E-state index contributed by atoms with van der Waals surface area (Å²) in [7, 11) is 0. The first kappa shape index (κ1) is 25.6. The van der Waals surface area contributed by atoms with Crippen molar-refractivity contribution >= 4 is 62.8 Å². The number of halogens is 1. The molecule has 0 bridgehead atoms. The van der Waals surface area contributed by atoms with Gasteiger partial charge in [-0.05, 0) is 82.2 Å². The number of aryl methyl sites for hydroxylation is 2. The Morgan fingerprint density at radius 1 is 1.11 bits per heavy atom. The van der Waals surface area contributed by atoms with Crippen molar-refractivity contribution in [2.24, 2.45) is 0 Å². The van der Waals surface area contributed by atoms with E-state index in [1.165, 1.54) is 17.4 Å². The second-order valence-corrected chi connectivity index (χ2v) is 10.4. The summed E-state index contributed by atoms with van der Waals surface area (Å²) in [6, 6.07) is 7.66. The Kier molecular flexibility index (Phi) is 7.01. The predicted octanol–water partition coefficient (Wildman–Crippen LogP) is 5.38. The number of rotatable bonds is 5. The highest BCUT2D eigenvalue weighted by molar-refractivity contribution is 9.10. The molecule has 0 radical (unpaired) electrons. The van der Waals surface area contributed by atoms with Crippen LogP contribution in [0.1, 0.15) is 44.7 Å². The van der Waals surface area contributed by atoms with Crippen LogP contribution in [-0.4, -0.2) is 35.0 Å². The van der Waals surface area contributed by atoms with Gasteiger partial charge >= 0.3 is 12.0 Å². The Labute approximate surface area is 220 Å². The fraction of sp³-hybridized carbons (Fsp3) is 0.231. The van der Waals surface area contributed by atoms with Gasteiger partial charge < -0.3 is 9.30 Å². The lowest BCUT2D eigenvalue weighted by Crippen LogP contribution is -2.54. The molecule has 1 fully saturated rings. The van der Waals surface area contributed by atoms with E-state index in [2.05, 4.69) is 21.2 Å². The summed E-state index contributed by atoms with van der Waals surface area (Å²) in [6.07, 6.45) is 1.48. The lowest BCUT2D eigenvalue weighted by atomic mass is 10.1. The second kappa shape index (κ2) is 9.87. The van der Waals surface area contributed by atoms with Crippen LogP contribution in [0.5, 0.6) is 0 Å². The number of ether oxygens (including phenoxy) is 1. The fourth-order valence-corrected chi connectivity index (χ4v) is 5.61. The monoisotopic (exact) mass is 569 g/mol. The lowest BCUT2D eigenvalue weighted by Gasteiger charge is -2.26. The SMILES string of the molecule is CCOC(=O)c1c(-n2c(C)cc(/C=C3\C(=O)NC(=O)N(c4ccc(Br)cc4)C3=O)c2C)sc(C)c1C. The minimum absolute atomic E-state index is 0.165. The van der Waals surface area contributed by atoms with Gasteiger partial charge in [0.05, 0.1) is 17.9 Å². The summed E-state index contributed by atoms with van der Waals surface area (Å²) in [4.78, 5) is 53.1. The van der Waals surface area contributed by atoms with Crippen LogP contribution in [0.25, 0.3) is 11.1 Å². The van der Waals surface area contributed by atoms with Crippen LogP contribution in [0.3, 0.4) is 0 Å². The van der Waals surface area contributed by atoms with Gasteiger partial charge in [-0.1, -0.05) is 15.9 Å². The molecule has 36 heavy (non-hydrogen) atoms. The van der Waals surface area contributed by atoms with Gasteiger partial charge in [-0.3, -0.25) is 14.9 Å². The first-order valence-electron chi connectivity index (χ1n) is 11.2. The number of barbiturate groups is 1. The van der Waals surface area contributed by atoms with Crippen LogP contribution in [0.15, 0.2) is 40.4 Å². The zero-order chi connectivity index (χ0) is 26.3. The highest BCUT2D eigenvalue weighted by Crippen LogP contribution is 2.35. The molecule has 1 N–H and O–H groups in total. The number of hydrogen-bond acceptors (Lipinski definition) is 6. The average molecular weight is 570 g/mol. The number of esters is 1. The van der Waals surface area contributed by atoms with E-state index < -0.39 is 23.8 Å². The van der Waals surface area contributed by atoms with Crippen LogP contribution >= 0.6 is 27.3 Å². The molecule has 2 aromatic heterocycles. The van der Waals surface area contributed by atoms with Crippen molar-refractivity contribution in [1.82, 2.24) is 9.88 Å². The van der Waals surface area contributed by atoms with Gasteiger partial charge in [-0.25, -0.2) is 14.5 Å². The van der Waals surface area contributed by atoms with Crippen molar-refractivity contribution in [3.8, 4) is 5.00 Å². The molecule has 3 aromatic rings. The Hall–Kier alpha value is -3.50. The number of amides is 4. The Morgan fingerprint density at radius 2 is 1.78 bits per heavy atom. The van der Waals surface area contributed by atoms with E-state index >= 15 is 0 Å². The lowest BCUT2D eigenvalue weighted by molar-refractivity contribution is -0.122. The maximum absolute atomic E-state index is 13.3. The predicted molar refractivity (Wildman–Crippen MR) is 142 cm³/mol. The molecular formula is C26H24BrN3O5S. The van der Waals surface area contributed by atoms with E-state index in [4.69, 9.17) is 4.74 Å². The van der Waals surface area contributed by atoms with Crippen LogP contribution in [0.2, 0.25) is 0 Å². The Balaban J connectivity index is 1.79. The molecule has 0 saturated carbocycles. The van der Waals surface area contributed by atoms with Crippen LogP contribution in [-0.2, 0) is 14.3 Å². The van der Waals surface area contributed by atoms with Crippen LogP contribution in [0, 0.1) is 27.7 Å². The third-order valence-corrected chi connectivity index (χ3v) is 7.73. The first-order valence-corrected chi connectivity index (χ1v) is 12.8. The highest BCUT2D eigenvalue weighted by Gasteiger charge is 2.37. The number of nitrogens with zero attached hydrogens (tertiary/aromatic N) is 2. The van der Waals surface area contributed by atoms with E-state index in [0.29, 0.717) is 21.8 Å². The van der Waals surface area contributed by atoms with E-state index in [-0.39, 0.29) is 12.2 Å². The molecule has 4 rings (SSSR count). The zero-order valence-corrected chi connectivity index (χ0v) is 22.8. The number of nitrogens with one attached hydrogen (secondary N) is 1. The topological polar surface area (TPSA) is 97.7 Å². The number of carbonyl (C=O) groups is 4. The molecule has 1 aromatic carbocycles. The van der Waals surface area contributed by atoms with Crippen molar-refractivity contribution in [3.05, 3.63) is 73.3 Å². The quantitative estimate of drug-likeness (QED) is 0.253. The van der Waals surface area contributed by atoms with Crippen molar-refractivity contribution < 1.29 is 23.9 Å². The molecule has 0 aliphatic carbocycles. The Bertz CT molecular complexity index is 1450. The Morgan fingerprint density at radius 3 is 2.42 bits per heavy atom. The number of aromatic nitrogens is 1. The van der Waals surface area contributed by atoms with Gasteiger partial charge in [-0.2, -0.15) is 0 Å². The summed E-state index contributed by atoms with van der Waals surface area (Å²) >= 11 is 4.80. The molecule has 4 amide bonds. The number of anilines is 1. The van der Waals surface area contributed by atoms with E-state index in [0.717, 1.165) is 31.2 Å². The van der Waals surface area contributed by atoms with Gasteiger partial charge in [0.2, 0.25) is 0 Å². The molecule has 8 nitrogen and oxygen atoms in total. The van der Waals surface area contributed by atoms with Gasteiger partial charge in [0.15, 0.2) is 0 Å². The third kappa shape index (κ3) is 4.42. The van der Waals surface area contributed by atoms with E-state index in [9.17, 15) is 19.2 Å². The molecule has 3 heterocycles. The maximum Gasteiger partial charge on any atom is 0.341 e. The van der Waals surface area contributed by atoms with Crippen molar-refractivity contribution in [1.29, 1.82) is 0 Å². The van der Waals surface area contributed by atoms with E-state index in [1.807, 2.05) is 38.3 Å². The molecule has 1 saturated heterocycles. The molecule has 186 valence electrons. The van der Waals surface area contributed by atoms with Gasteiger partial charge in [0.25, 0.3) is 11.8 Å². The van der Waals surface area contributed by atoms with Crippen LogP contribution in [0.4, 0.5) is 10.5 Å². The van der Waals surface area contributed by atoms with Crippen molar-refractivity contribution in [3.63, 3.8) is 0 Å². The largest absolute Gasteiger partial charge is 0.462 e. The molecular weight excluding hydrogens is 546 g/mol. The minimum atomic E-state index is -0.807. The third-order valence-electron chi connectivity index (χ3n) is 6.01. The highest BCUT2D eigenvalue weighted by atomic mass is 79.9. The number of hydrogen-bond donors (Lipinski definition) is 1. The fourth-order valence-electron chi connectivity index (χ4n) is 4.09. The van der Waals surface area contributed by atoms with Gasteiger partial charge in [0, 0.05) is 20.7 Å². The van der Waals surface area contributed by atoms with Gasteiger partial charge in [-0.15, -0.1) is 11.3 Å². The average Bonchev–Trinajstić information content (AvgIpc) is 3.26. The number of imide groups is 2. The van der Waals surface area contributed by atoms with Crippen molar-refractivity contribution in [2.45, 2.75) is 34.6 Å². The number of urea groups is 1. The summed E-state index contributed by atoms with van der Waals surface area (Å²) in [6.45, 7) is 9.59. The first-order chi connectivity index (χ1) is 17.0. The molecule has 10 heteroatoms. The standard InChI is InChI=1S/C26H24BrN3O5S/c1-6-35-25(33)21-14(3)16(5)36-24(21)29-13(2)11-17(15(29)4)12-20-22(31)28-26(34)30(23(20)32)19-9-7-18(27)8-10-19/h7-12H,6H2,1-5H3,(H,28,31,34)/b20-12+. The molecule has 0 atom stereocenters. The number of thiophene rings is 1. The number of benzene rings is 1. The molecule has 1 aliphatic heterocycles. The zero-order valence-electron chi connectivity index (χ0n) is 20.4. The minimum Gasteiger partial charge on any atom is -0.462 e. The molecule has 0 spiro atoms. The van der Waals surface area contributed by atoms with Crippen molar-refractivity contribution in [2.75, 3.05) is 11.5 Å². The van der Waals surface area contributed by atoms with E-state index in [1.54, 1.807) is 31.2 Å². The van der Waals surface area contributed by atoms with Gasteiger partial charge in [0.1, 0.15) is 10.6 Å². The smallest absolute Gasteiger partial charge is 0.341 e. The summed E-state index contributed by atoms with van der Waals surface area (Å²) < 4.78 is 8.01. The number of carbonyl (C=O) groups excluding carboxylic acids is 4. The maximum atomic E-state index is 13.3.